The molecule has 2 aromatic heterocycles. The summed E-state index contributed by atoms with van der Waals surface area (Å²) in [5.41, 5.74) is 6.24. The number of hydrogen-bond acceptors (Lipinski definition) is 4. The lowest BCUT2D eigenvalue weighted by molar-refractivity contribution is 0.0963. The van der Waals surface area contributed by atoms with Gasteiger partial charge in [-0.05, 0) is 18.9 Å². The van der Waals surface area contributed by atoms with E-state index in [1.807, 2.05) is 6.07 Å². The summed E-state index contributed by atoms with van der Waals surface area (Å²) in [6.07, 6.45) is 3.96. The van der Waals surface area contributed by atoms with Crippen LogP contribution in [-0.4, -0.2) is 27.5 Å². The van der Waals surface area contributed by atoms with Gasteiger partial charge in [-0.25, -0.2) is 0 Å². The van der Waals surface area contributed by atoms with Crippen molar-refractivity contribution in [3.63, 3.8) is 0 Å². The number of hydrogen-bond donors (Lipinski definition) is 2. The van der Waals surface area contributed by atoms with Crippen molar-refractivity contribution < 1.29 is 4.74 Å². The fraction of sp³-hybridized carbons (Fsp3) is 0.455. The van der Waals surface area contributed by atoms with Gasteiger partial charge in [0.1, 0.15) is 5.39 Å². The molecule has 0 spiro atoms. The van der Waals surface area contributed by atoms with Gasteiger partial charge in [-0.2, -0.15) is 5.10 Å². The summed E-state index contributed by atoms with van der Waals surface area (Å²) in [5.74, 6) is 0.256. The van der Waals surface area contributed by atoms with Crippen molar-refractivity contribution in [2.75, 3.05) is 12.3 Å². The minimum Gasteiger partial charge on any atom is -0.382 e. The highest BCUT2D eigenvalue weighted by Crippen LogP contribution is 2.15. The van der Waals surface area contributed by atoms with E-state index in [0.29, 0.717) is 17.4 Å². The molecular formula is C11H14N4O2. The van der Waals surface area contributed by atoms with Crippen molar-refractivity contribution in [2.45, 2.75) is 25.5 Å². The van der Waals surface area contributed by atoms with Crippen LogP contribution >= 0.6 is 0 Å². The molecule has 3 rings (SSSR count). The first-order chi connectivity index (χ1) is 8.25. The van der Waals surface area contributed by atoms with Crippen molar-refractivity contribution in [3.8, 4) is 0 Å². The van der Waals surface area contributed by atoms with Gasteiger partial charge >= 0.3 is 0 Å². The van der Waals surface area contributed by atoms with Crippen molar-refractivity contribution >= 4 is 16.7 Å². The molecule has 0 unspecified atom stereocenters. The van der Waals surface area contributed by atoms with E-state index < -0.39 is 0 Å². The molecule has 17 heavy (non-hydrogen) atoms. The number of nitrogens with one attached hydrogen (secondary N) is 1. The molecule has 1 fully saturated rings. The molecule has 1 saturated heterocycles. The second-order valence-corrected chi connectivity index (χ2v) is 4.31. The number of nitrogens with two attached hydrogens (primary N) is 1. The molecule has 0 aromatic carbocycles. The fourth-order valence-corrected chi connectivity index (χ4v) is 2.24. The Kier molecular flexibility index (Phi) is 2.36. The third-order valence-corrected chi connectivity index (χ3v) is 3.14. The monoisotopic (exact) mass is 234 g/mol. The Bertz CT molecular complexity index is 595. The van der Waals surface area contributed by atoms with E-state index in [0.717, 1.165) is 19.4 Å². The first-order valence-electron chi connectivity index (χ1n) is 5.70. The van der Waals surface area contributed by atoms with Gasteiger partial charge in [0.05, 0.1) is 18.2 Å². The Balaban J connectivity index is 2.01. The fourth-order valence-electron chi connectivity index (χ4n) is 2.24. The highest BCUT2D eigenvalue weighted by Gasteiger charge is 2.17. The predicted octanol–water partition coefficient (Wildman–Crippen LogP) is 0.486. The Morgan fingerprint density at radius 3 is 3.29 bits per heavy atom. The summed E-state index contributed by atoms with van der Waals surface area (Å²) in [4.78, 5) is 12.2. The van der Waals surface area contributed by atoms with Crippen molar-refractivity contribution in [3.05, 3.63) is 22.6 Å². The van der Waals surface area contributed by atoms with Gasteiger partial charge in [0, 0.05) is 12.8 Å². The Labute approximate surface area is 97.4 Å². The molecule has 3 heterocycles. The summed E-state index contributed by atoms with van der Waals surface area (Å²) in [6, 6.07) is 1.81. The zero-order valence-electron chi connectivity index (χ0n) is 9.35. The largest absolute Gasteiger partial charge is 0.382 e. The normalized spacial score (nSPS) is 20.1. The maximum Gasteiger partial charge on any atom is 0.263 e. The Morgan fingerprint density at radius 2 is 2.53 bits per heavy atom. The van der Waals surface area contributed by atoms with Crippen LogP contribution < -0.4 is 11.3 Å². The maximum atomic E-state index is 12.2. The smallest absolute Gasteiger partial charge is 0.263 e. The molecule has 1 atom stereocenters. The first-order valence-corrected chi connectivity index (χ1v) is 5.70. The highest BCUT2D eigenvalue weighted by atomic mass is 16.5. The molecule has 0 bridgehead atoms. The van der Waals surface area contributed by atoms with E-state index >= 15 is 0 Å². The third kappa shape index (κ3) is 1.70. The zero-order chi connectivity index (χ0) is 11.8. The number of anilines is 1. The van der Waals surface area contributed by atoms with Gasteiger partial charge < -0.3 is 15.0 Å². The molecule has 0 amide bonds. The summed E-state index contributed by atoms with van der Waals surface area (Å²) < 4.78 is 7.16. The average molecular weight is 234 g/mol. The van der Waals surface area contributed by atoms with Crippen LogP contribution in [0.3, 0.4) is 0 Å². The average Bonchev–Trinajstić information content (AvgIpc) is 2.93. The third-order valence-electron chi connectivity index (χ3n) is 3.14. The molecular weight excluding hydrogens is 220 g/mol. The van der Waals surface area contributed by atoms with E-state index in [2.05, 4.69) is 10.2 Å². The molecule has 6 nitrogen and oxygen atoms in total. The van der Waals surface area contributed by atoms with E-state index in [1.54, 1.807) is 10.8 Å². The van der Waals surface area contributed by atoms with E-state index in [-0.39, 0.29) is 17.5 Å². The van der Waals surface area contributed by atoms with E-state index in [1.165, 1.54) is 0 Å². The van der Waals surface area contributed by atoms with Gasteiger partial charge in [-0.3, -0.25) is 9.89 Å². The van der Waals surface area contributed by atoms with Crippen LogP contribution in [0.2, 0.25) is 0 Å². The second kappa shape index (κ2) is 3.89. The predicted molar refractivity (Wildman–Crippen MR) is 63.7 cm³/mol. The van der Waals surface area contributed by atoms with Gasteiger partial charge in [0.2, 0.25) is 0 Å². The van der Waals surface area contributed by atoms with Crippen molar-refractivity contribution in [1.82, 2.24) is 14.8 Å². The number of nitrogen functional groups attached to an aromatic ring is 1. The molecule has 0 saturated carbocycles. The van der Waals surface area contributed by atoms with Gasteiger partial charge in [-0.1, -0.05) is 0 Å². The molecule has 2 aromatic rings. The van der Waals surface area contributed by atoms with Crippen LogP contribution in [0.4, 0.5) is 5.82 Å². The summed E-state index contributed by atoms with van der Waals surface area (Å²) in [7, 11) is 0. The summed E-state index contributed by atoms with van der Waals surface area (Å²) in [6.45, 7) is 1.37. The van der Waals surface area contributed by atoms with E-state index in [9.17, 15) is 4.79 Å². The summed E-state index contributed by atoms with van der Waals surface area (Å²) >= 11 is 0. The molecule has 3 N–H and O–H groups in total. The Hall–Kier alpha value is -1.82. The lowest BCUT2D eigenvalue weighted by Gasteiger charge is -2.11. The Morgan fingerprint density at radius 1 is 1.65 bits per heavy atom. The van der Waals surface area contributed by atoms with Gasteiger partial charge in [0.15, 0.2) is 5.82 Å². The molecule has 6 heteroatoms. The number of fused-ring (bicyclic) bond motifs is 1. The standard InChI is InChI=1S/C11H14N4O2/c12-10-9-8(13-14-10)3-4-15(11(9)16)6-7-2-1-5-17-7/h3-4,7H,1-2,5-6H2,(H3,12,13,14)/t7-/m1/s1. The van der Waals surface area contributed by atoms with Crippen molar-refractivity contribution in [1.29, 1.82) is 0 Å². The van der Waals surface area contributed by atoms with Gasteiger partial charge in [0.25, 0.3) is 5.56 Å². The van der Waals surface area contributed by atoms with Crippen LogP contribution in [0.1, 0.15) is 12.8 Å². The number of ether oxygens (including phenoxy) is 1. The number of rotatable bonds is 2. The van der Waals surface area contributed by atoms with E-state index in [4.69, 9.17) is 10.5 Å². The molecule has 1 aliphatic heterocycles. The molecule has 1 aliphatic rings. The first kappa shape index (κ1) is 10.3. The van der Waals surface area contributed by atoms with Crippen LogP contribution in [-0.2, 0) is 11.3 Å². The van der Waals surface area contributed by atoms with Crippen LogP contribution in [0.15, 0.2) is 17.1 Å². The minimum absolute atomic E-state index is 0.107. The van der Waals surface area contributed by atoms with Crippen molar-refractivity contribution in [2.24, 2.45) is 0 Å². The number of H-pyrrole nitrogens is 1. The molecule has 0 aliphatic carbocycles. The lowest BCUT2D eigenvalue weighted by atomic mass is 10.2. The summed E-state index contributed by atoms with van der Waals surface area (Å²) in [5, 5.41) is 7.03. The number of nitrogens with zero attached hydrogens (tertiary/aromatic N) is 2. The number of aromatic amines is 1. The quantitative estimate of drug-likeness (QED) is 0.791. The topological polar surface area (TPSA) is 85.9 Å². The SMILES string of the molecule is Nc1n[nH]c2ccn(C[C@H]3CCCO3)c(=O)c12. The second-order valence-electron chi connectivity index (χ2n) is 4.31. The lowest BCUT2D eigenvalue weighted by Crippen LogP contribution is -2.26. The van der Waals surface area contributed by atoms with Crippen LogP contribution in [0.5, 0.6) is 0 Å². The van der Waals surface area contributed by atoms with Gasteiger partial charge in [-0.15, -0.1) is 0 Å². The zero-order valence-corrected chi connectivity index (χ0v) is 9.35. The maximum absolute atomic E-state index is 12.2. The van der Waals surface area contributed by atoms with Crippen LogP contribution in [0.25, 0.3) is 10.9 Å². The molecule has 90 valence electrons. The number of pyridine rings is 1. The van der Waals surface area contributed by atoms with Crippen LogP contribution in [0, 0.1) is 0 Å². The number of aromatic nitrogens is 3. The highest BCUT2D eigenvalue weighted by molar-refractivity contribution is 5.87. The molecule has 0 radical (unpaired) electrons. The minimum atomic E-state index is -0.107.